The predicted molar refractivity (Wildman–Crippen MR) is 124 cm³/mol. The number of nitrogens with one attached hydrogen (secondary N) is 2. The zero-order valence-corrected chi connectivity index (χ0v) is 20.1. The molecular formula is C23H27F3N2O5Si. The molecule has 0 aliphatic rings. The van der Waals surface area contributed by atoms with Crippen LogP contribution in [0.3, 0.4) is 0 Å². The van der Waals surface area contributed by atoms with E-state index in [9.17, 15) is 18.0 Å². The topological polar surface area (TPSA) is 100 Å². The van der Waals surface area contributed by atoms with Crippen LogP contribution < -0.4 is 10.8 Å². The molecule has 0 saturated carbocycles. The molecule has 0 aliphatic carbocycles. The van der Waals surface area contributed by atoms with E-state index in [0.29, 0.717) is 5.56 Å². The molecular weight excluding hydrogens is 469 g/mol. The summed E-state index contributed by atoms with van der Waals surface area (Å²) in [7, 11) is -1.68. The highest BCUT2D eigenvalue weighted by Gasteiger charge is 2.24. The quantitative estimate of drug-likeness (QED) is 0.174. The van der Waals surface area contributed by atoms with Crippen LogP contribution in [0, 0.1) is 28.9 Å². The Hall–Kier alpha value is -2.88. The van der Waals surface area contributed by atoms with E-state index in [1.165, 1.54) is 12.1 Å². The third-order valence-electron chi connectivity index (χ3n) is 4.19. The number of aliphatic hydroxyl groups is 2. The van der Waals surface area contributed by atoms with Gasteiger partial charge < -0.3 is 20.3 Å². The average molecular weight is 497 g/mol. The van der Waals surface area contributed by atoms with Crippen LogP contribution in [0.25, 0.3) is 0 Å². The maximum Gasteiger partial charge on any atom is 0.277 e. The number of ether oxygens (including phenoxy) is 1. The summed E-state index contributed by atoms with van der Waals surface area (Å²) in [6.45, 7) is 4.63. The summed E-state index contributed by atoms with van der Waals surface area (Å²) in [4.78, 5) is 17.3. The van der Waals surface area contributed by atoms with E-state index in [0.717, 1.165) is 12.1 Å². The monoisotopic (exact) mass is 496 g/mol. The molecule has 0 aromatic heterocycles. The van der Waals surface area contributed by atoms with E-state index in [1.54, 1.807) is 0 Å². The van der Waals surface area contributed by atoms with Crippen LogP contribution in [0.1, 0.15) is 21.5 Å². The molecule has 1 amide bonds. The average Bonchev–Trinajstić information content (AvgIpc) is 2.78. The van der Waals surface area contributed by atoms with Crippen LogP contribution in [0.4, 0.5) is 24.5 Å². The molecule has 0 saturated heterocycles. The lowest BCUT2D eigenvalue weighted by Crippen LogP contribution is -2.26. The van der Waals surface area contributed by atoms with Gasteiger partial charge in [-0.15, -0.1) is 5.54 Å². The maximum absolute atomic E-state index is 15.0. The number of rotatable bonds is 10. The number of carbonyl (C=O) groups is 1. The summed E-state index contributed by atoms with van der Waals surface area (Å²) >= 11 is 0. The SMILES string of the molecule is C[Si](C)(C)C#Cc1ccc(Nc2c(C(=O)NOCCO)cc(COCCO)c(F)c2F)c(F)c1. The molecule has 0 heterocycles. The first-order valence-electron chi connectivity index (χ1n) is 10.4. The summed E-state index contributed by atoms with van der Waals surface area (Å²) < 4.78 is 49.4. The fourth-order valence-electron chi connectivity index (χ4n) is 2.64. The maximum atomic E-state index is 15.0. The highest BCUT2D eigenvalue weighted by atomic mass is 28.3. The third-order valence-corrected chi connectivity index (χ3v) is 5.06. The van der Waals surface area contributed by atoms with Gasteiger partial charge in [-0.3, -0.25) is 9.63 Å². The molecule has 34 heavy (non-hydrogen) atoms. The van der Waals surface area contributed by atoms with Gasteiger partial charge in [0.1, 0.15) is 13.9 Å². The molecule has 0 atom stereocenters. The number of aliphatic hydroxyl groups excluding tert-OH is 2. The molecule has 7 nitrogen and oxygen atoms in total. The summed E-state index contributed by atoms with van der Waals surface area (Å²) in [5, 5.41) is 20.0. The van der Waals surface area contributed by atoms with Gasteiger partial charge in [-0.25, -0.2) is 18.7 Å². The van der Waals surface area contributed by atoms with Crippen LogP contribution in [-0.4, -0.2) is 50.6 Å². The van der Waals surface area contributed by atoms with Crippen LogP contribution >= 0.6 is 0 Å². The van der Waals surface area contributed by atoms with Crippen molar-refractivity contribution in [3.05, 3.63) is 58.4 Å². The van der Waals surface area contributed by atoms with Gasteiger partial charge in [0.15, 0.2) is 11.6 Å². The fraction of sp³-hybridized carbons (Fsp3) is 0.348. The van der Waals surface area contributed by atoms with E-state index >= 15 is 0 Å². The molecule has 0 radical (unpaired) electrons. The van der Waals surface area contributed by atoms with Crippen molar-refractivity contribution in [1.29, 1.82) is 0 Å². The Morgan fingerprint density at radius 2 is 1.76 bits per heavy atom. The van der Waals surface area contributed by atoms with Gasteiger partial charge in [0, 0.05) is 11.1 Å². The Balaban J connectivity index is 2.44. The first-order valence-corrected chi connectivity index (χ1v) is 13.9. The molecule has 11 heteroatoms. The van der Waals surface area contributed by atoms with E-state index in [2.05, 4.69) is 16.8 Å². The third kappa shape index (κ3) is 7.86. The number of carbonyl (C=O) groups excluding carboxylic acids is 1. The van der Waals surface area contributed by atoms with Gasteiger partial charge in [-0.05, 0) is 24.3 Å². The van der Waals surface area contributed by atoms with Crippen molar-refractivity contribution < 1.29 is 37.8 Å². The molecule has 0 bridgehead atoms. The Kier molecular flexibility index (Phi) is 10.1. The van der Waals surface area contributed by atoms with Gasteiger partial charge in [0.05, 0.1) is 50.0 Å². The van der Waals surface area contributed by atoms with E-state index in [1.807, 2.05) is 25.1 Å². The molecule has 2 aromatic rings. The minimum atomic E-state index is -1.68. The smallest absolute Gasteiger partial charge is 0.277 e. The predicted octanol–water partition coefficient (Wildman–Crippen LogP) is 3.24. The summed E-state index contributed by atoms with van der Waals surface area (Å²) in [6.07, 6.45) is 0. The lowest BCUT2D eigenvalue weighted by Gasteiger charge is -2.17. The van der Waals surface area contributed by atoms with Crippen molar-refractivity contribution in [2.45, 2.75) is 26.2 Å². The minimum absolute atomic E-state index is 0.125. The molecule has 0 unspecified atom stereocenters. The van der Waals surface area contributed by atoms with E-state index in [-0.39, 0.29) is 43.2 Å². The molecule has 0 aliphatic heterocycles. The van der Waals surface area contributed by atoms with Crippen LogP contribution in [0.5, 0.6) is 0 Å². The number of anilines is 2. The Morgan fingerprint density at radius 3 is 2.38 bits per heavy atom. The van der Waals surface area contributed by atoms with Crippen molar-refractivity contribution in [2.75, 3.05) is 31.7 Å². The summed E-state index contributed by atoms with van der Waals surface area (Å²) in [5.41, 5.74) is 4.03. The van der Waals surface area contributed by atoms with Gasteiger partial charge in [-0.1, -0.05) is 25.6 Å². The number of hydroxylamine groups is 1. The Bertz CT molecular complexity index is 1080. The number of hydrogen-bond acceptors (Lipinski definition) is 6. The first-order chi connectivity index (χ1) is 16.1. The van der Waals surface area contributed by atoms with Gasteiger partial charge in [-0.2, -0.15) is 0 Å². The zero-order valence-electron chi connectivity index (χ0n) is 19.1. The second kappa shape index (κ2) is 12.5. The van der Waals surface area contributed by atoms with Crippen molar-refractivity contribution in [3.8, 4) is 11.5 Å². The zero-order chi connectivity index (χ0) is 25.3. The molecule has 0 fully saturated rings. The van der Waals surface area contributed by atoms with Crippen LogP contribution in [0.2, 0.25) is 19.6 Å². The highest BCUT2D eigenvalue weighted by Crippen LogP contribution is 2.30. The molecule has 2 rings (SSSR count). The highest BCUT2D eigenvalue weighted by molar-refractivity contribution is 6.83. The van der Waals surface area contributed by atoms with Gasteiger partial charge >= 0.3 is 0 Å². The fourth-order valence-corrected chi connectivity index (χ4v) is 3.16. The normalized spacial score (nSPS) is 11.1. The first kappa shape index (κ1) is 27.4. The van der Waals surface area contributed by atoms with Gasteiger partial charge in [0.2, 0.25) is 0 Å². The molecule has 2 aromatic carbocycles. The van der Waals surface area contributed by atoms with Crippen LogP contribution in [-0.2, 0) is 16.2 Å². The molecule has 4 N–H and O–H groups in total. The lowest BCUT2D eigenvalue weighted by atomic mass is 10.1. The number of halogens is 3. The van der Waals surface area contributed by atoms with Crippen molar-refractivity contribution >= 4 is 25.4 Å². The Labute approximate surface area is 196 Å². The van der Waals surface area contributed by atoms with Crippen molar-refractivity contribution in [3.63, 3.8) is 0 Å². The van der Waals surface area contributed by atoms with Crippen molar-refractivity contribution in [1.82, 2.24) is 5.48 Å². The van der Waals surface area contributed by atoms with E-state index < -0.39 is 43.7 Å². The lowest BCUT2D eigenvalue weighted by molar-refractivity contribution is 0.0168. The summed E-state index contributed by atoms with van der Waals surface area (Å²) in [5.74, 6) is -1.57. The molecule has 0 spiro atoms. The number of hydrogen-bond donors (Lipinski definition) is 4. The second-order valence-electron chi connectivity index (χ2n) is 8.19. The van der Waals surface area contributed by atoms with Gasteiger partial charge in [0.25, 0.3) is 5.91 Å². The van der Waals surface area contributed by atoms with Crippen LogP contribution in [0.15, 0.2) is 24.3 Å². The minimum Gasteiger partial charge on any atom is -0.394 e. The largest absolute Gasteiger partial charge is 0.394 e. The standard InChI is InChI=1S/C23H27F3N2O5Si/c1-34(2,3)11-6-15-4-5-19(18(24)12-15)27-22-17(23(31)28-33-10-8-30)13-16(14-32-9-7-29)20(25)21(22)26/h4-5,12-13,27,29-30H,7-10,14H2,1-3H3,(H,28,31). The summed E-state index contributed by atoms with van der Waals surface area (Å²) in [6, 6.07) is 5.02. The molecule has 184 valence electrons. The number of amides is 1. The van der Waals surface area contributed by atoms with Crippen molar-refractivity contribution in [2.24, 2.45) is 0 Å². The number of benzene rings is 2. The Morgan fingerprint density at radius 1 is 1.06 bits per heavy atom. The van der Waals surface area contributed by atoms with E-state index in [4.69, 9.17) is 19.8 Å². The second-order valence-corrected chi connectivity index (χ2v) is 12.9.